The predicted octanol–water partition coefficient (Wildman–Crippen LogP) is 5.38. The van der Waals surface area contributed by atoms with Crippen LogP contribution in [0.3, 0.4) is 0 Å². The topological polar surface area (TPSA) is 49.9 Å². The van der Waals surface area contributed by atoms with E-state index in [9.17, 15) is 9.59 Å². The van der Waals surface area contributed by atoms with Crippen LogP contribution in [0.2, 0.25) is 10.0 Å². The number of carbonyl (C=O) groups is 2. The number of ether oxygens (including phenoxy) is 1. The summed E-state index contributed by atoms with van der Waals surface area (Å²) in [6.45, 7) is 11.0. The molecule has 0 aromatic heterocycles. The van der Waals surface area contributed by atoms with Crippen molar-refractivity contribution >= 4 is 35.2 Å². The third kappa shape index (κ3) is 6.28. The van der Waals surface area contributed by atoms with Crippen molar-refractivity contribution in [1.29, 1.82) is 0 Å². The lowest BCUT2D eigenvalue weighted by Crippen LogP contribution is -2.47. The molecular formula is C21H30Cl2N2O3. The molecule has 0 saturated carbocycles. The molecule has 0 spiro atoms. The van der Waals surface area contributed by atoms with E-state index in [-0.39, 0.29) is 24.0 Å². The SMILES string of the molecule is CC(C)N(Cc1cc(Cl)ccc1Cl)C(=O)C1CCN(C(=O)OC(C)(C)C)CC1. The number of piperidine rings is 1. The van der Waals surface area contributed by atoms with Crippen molar-refractivity contribution in [3.05, 3.63) is 33.8 Å². The van der Waals surface area contributed by atoms with Crippen molar-refractivity contribution in [2.24, 2.45) is 5.92 Å². The predicted molar refractivity (Wildman–Crippen MR) is 113 cm³/mol. The van der Waals surface area contributed by atoms with Crippen molar-refractivity contribution in [1.82, 2.24) is 9.80 Å². The highest BCUT2D eigenvalue weighted by atomic mass is 35.5. The fraction of sp³-hybridized carbons (Fsp3) is 0.619. The Morgan fingerprint density at radius 1 is 1.21 bits per heavy atom. The molecule has 1 aromatic rings. The maximum Gasteiger partial charge on any atom is 0.410 e. The lowest BCUT2D eigenvalue weighted by atomic mass is 9.94. The molecule has 0 radical (unpaired) electrons. The Morgan fingerprint density at radius 2 is 1.82 bits per heavy atom. The van der Waals surface area contributed by atoms with Crippen molar-refractivity contribution in [2.75, 3.05) is 13.1 Å². The van der Waals surface area contributed by atoms with Crippen LogP contribution < -0.4 is 0 Å². The van der Waals surface area contributed by atoms with Crippen LogP contribution in [-0.2, 0) is 16.1 Å². The Balaban J connectivity index is 2.01. The number of rotatable bonds is 4. The van der Waals surface area contributed by atoms with Crippen LogP contribution in [0.15, 0.2) is 18.2 Å². The lowest BCUT2D eigenvalue weighted by molar-refractivity contribution is -0.139. The summed E-state index contributed by atoms with van der Waals surface area (Å²) in [5.74, 6) is -0.0195. The van der Waals surface area contributed by atoms with Crippen molar-refractivity contribution in [2.45, 2.75) is 65.6 Å². The summed E-state index contributed by atoms with van der Waals surface area (Å²) in [5, 5.41) is 1.20. The first-order chi connectivity index (χ1) is 13.0. The van der Waals surface area contributed by atoms with E-state index in [1.54, 1.807) is 23.1 Å². The summed E-state index contributed by atoms with van der Waals surface area (Å²) in [6, 6.07) is 5.33. The molecule has 7 heteroatoms. The van der Waals surface area contributed by atoms with Crippen LogP contribution in [0.4, 0.5) is 4.79 Å². The molecule has 5 nitrogen and oxygen atoms in total. The molecule has 1 heterocycles. The van der Waals surface area contributed by atoms with Crippen LogP contribution in [-0.4, -0.2) is 46.5 Å². The molecule has 1 aliphatic heterocycles. The molecule has 0 atom stereocenters. The maximum atomic E-state index is 13.2. The molecule has 28 heavy (non-hydrogen) atoms. The second-order valence-corrected chi connectivity index (χ2v) is 9.38. The fourth-order valence-corrected chi connectivity index (χ4v) is 3.60. The Bertz CT molecular complexity index is 708. The van der Waals surface area contributed by atoms with Gasteiger partial charge in [0.1, 0.15) is 5.60 Å². The molecule has 1 saturated heterocycles. The van der Waals surface area contributed by atoms with Crippen LogP contribution in [0.1, 0.15) is 53.0 Å². The van der Waals surface area contributed by atoms with Gasteiger partial charge >= 0.3 is 6.09 Å². The molecule has 0 bridgehead atoms. The maximum absolute atomic E-state index is 13.2. The summed E-state index contributed by atoms with van der Waals surface area (Å²) in [7, 11) is 0. The zero-order valence-electron chi connectivity index (χ0n) is 17.3. The van der Waals surface area contributed by atoms with E-state index in [0.717, 1.165) is 5.56 Å². The van der Waals surface area contributed by atoms with Crippen molar-refractivity contribution in [3.8, 4) is 0 Å². The van der Waals surface area contributed by atoms with Gasteiger partial charge in [-0.15, -0.1) is 0 Å². The quantitative estimate of drug-likeness (QED) is 0.646. The summed E-state index contributed by atoms with van der Waals surface area (Å²) in [6.07, 6.45) is 0.944. The minimum atomic E-state index is -0.519. The molecule has 2 rings (SSSR count). The summed E-state index contributed by atoms with van der Waals surface area (Å²) < 4.78 is 5.43. The van der Waals surface area contributed by atoms with Gasteiger partial charge in [-0.25, -0.2) is 4.79 Å². The Kier molecular flexibility index (Phi) is 7.63. The monoisotopic (exact) mass is 428 g/mol. The minimum Gasteiger partial charge on any atom is -0.444 e. The summed E-state index contributed by atoms with van der Waals surface area (Å²) >= 11 is 12.4. The molecule has 0 aliphatic carbocycles. The Hall–Kier alpha value is -1.46. The zero-order chi connectivity index (χ0) is 21.1. The van der Waals surface area contributed by atoms with E-state index in [4.69, 9.17) is 27.9 Å². The third-order valence-electron chi connectivity index (χ3n) is 4.75. The van der Waals surface area contributed by atoms with Gasteiger partial charge in [-0.05, 0) is 71.2 Å². The van der Waals surface area contributed by atoms with Gasteiger partial charge in [-0.2, -0.15) is 0 Å². The van der Waals surface area contributed by atoms with E-state index in [0.29, 0.717) is 42.5 Å². The zero-order valence-corrected chi connectivity index (χ0v) is 18.8. The first-order valence-electron chi connectivity index (χ1n) is 9.70. The fourth-order valence-electron chi connectivity index (χ4n) is 3.23. The van der Waals surface area contributed by atoms with Gasteiger partial charge in [0.25, 0.3) is 0 Å². The number of amides is 2. The number of likely N-dealkylation sites (tertiary alicyclic amines) is 1. The van der Waals surface area contributed by atoms with Crippen LogP contribution >= 0.6 is 23.2 Å². The van der Waals surface area contributed by atoms with Gasteiger partial charge in [-0.3, -0.25) is 4.79 Å². The molecule has 2 amide bonds. The van der Waals surface area contributed by atoms with Crippen molar-refractivity contribution in [3.63, 3.8) is 0 Å². The van der Waals surface area contributed by atoms with E-state index < -0.39 is 5.60 Å². The molecule has 0 unspecified atom stereocenters. The van der Waals surface area contributed by atoms with Gasteiger partial charge in [0, 0.05) is 41.6 Å². The smallest absolute Gasteiger partial charge is 0.410 e. The first-order valence-corrected chi connectivity index (χ1v) is 10.5. The van der Waals surface area contributed by atoms with Gasteiger partial charge in [0.15, 0.2) is 0 Å². The largest absolute Gasteiger partial charge is 0.444 e. The Labute approximate surface area is 177 Å². The highest BCUT2D eigenvalue weighted by Gasteiger charge is 2.33. The number of benzene rings is 1. The normalized spacial score (nSPS) is 15.6. The number of nitrogens with zero attached hydrogens (tertiary/aromatic N) is 2. The minimum absolute atomic E-state index is 0.0337. The molecule has 1 aliphatic rings. The van der Waals surface area contributed by atoms with Crippen LogP contribution in [0.25, 0.3) is 0 Å². The first kappa shape index (κ1) is 22.8. The van der Waals surface area contributed by atoms with Crippen LogP contribution in [0.5, 0.6) is 0 Å². The summed E-state index contributed by atoms with van der Waals surface area (Å²) in [5.41, 5.74) is 0.316. The van der Waals surface area contributed by atoms with Gasteiger partial charge in [-0.1, -0.05) is 23.2 Å². The highest BCUT2D eigenvalue weighted by Crippen LogP contribution is 2.26. The highest BCUT2D eigenvalue weighted by molar-refractivity contribution is 6.33. The van der Waals surface area contributed by atoms with Crippen LogP contribution in [0, 0.1) is 5.92 Å². The van der Waals surface area contributed by atoms with E-state index in [1.807, 2.05) is 39.5 Å². The van der Waals surface area contributed by atoms with Gasteiger partial charge in [0.2, 0.25) is 5.91 Å². The molecular weight excluding hydrogens is 399 g/mol. The average molecular weight is 429 g/mol. The third-order valence-corrected chi connectivity index (χ3v) is 5.35. The second kappa shape index (κ2) is 9.36. The molecule has 0 N–H and O–H groups in total. The number of carbonyl (C=O) groups excluding carboxylic acids is 2. The molecule has 156 valence electrons. The molecule has 1 fully saturated rings. The summed E-state index contributed by atoms with van der Waals surface area (Å²) in [4.78, 5) is 28.9. The van der Waals surface area contributed by atoms with Gasteiger partial charge in [0.05, 0.1) is 0 Å². The lowest BCUT2D eigenvalue weighted by Gasteiger charge is -2.36. The second-order valence-electron chi connectivity index (χ2n) is 8.54. The number of hydrogen-bond acceptors (Lipinski definition) is 3. The standard InChI is InChI=1S/C21H30Cl2N2O3/c1-14(2)25(13-16-12-17(22)6-7-18(16)23)19(26)15-8-10-24(11-9-15)20(27)28-21(3,4)5/h6-7,12,14-15H,8-11,13H2,1-5H3. The molecule has 1 aromatic carbocycles. The van der Waals surface area contributed by atoms with Crippen molar-refractivity contribution < 1.29 is 14.3 Å². The Morgan fingerprint density at radius 3 is 2.36 bits per heavy atom. The average Bonchev–Trinajstić information content (AvgIpc) is 2.60. The number of halogens is 2. The van der Waals surface area contributed by atoms with Gasteiger partial charge < -0.3 is 14.5 Å². The number of hydrogen-bond donors (Lipinski definition) is 0. The van der Waals surface area contributed by atoms with E-state index in [1.165, 1.54) is 0 Å². The van der Waals surface area contributed by atoms with E-state index in [2.05, 4.69) is 0 Å². The van der Waals surface area contributed by atoms with E-state index >= 15 is 0 Å².